The second-order valence-corrected chi connectivity index (χ2v) is 10.4. The van der Waals surface area contributed by atoms with Crippen molar-refractivity contribution in [3.05, 3.63) is 100 Å². The minimum Gasteiger partial charge on any atom is -0.366 e. The molecule has 4 aromatic rings. The van der Waals surface area contributed by atoms with Gasteiger partial charge in [-0.3, -0.25) is 9.88 Å². The SMILES string of the molecule is C=C=CSc1ccccc1CN1CCCC(c2cc(NCc3cccnc3)n3ncc(Br)c3n2)C1. The topological polar surface area (TPSA) is 58.4 Å². The Hall–Kier alpha value is -2.90. The molecule has 1 N–H and O–H groups in total. The molecule has 178 valence electrons. The van der Waals surface area contributed by atoms with Gasteiger partial charge in [0, 0.05) is 54.3 Å². The summed E-state index contributed by atoms with van der Waals surface area (Å²) in [5.74, 6) is 1.30. The Balaban J connectivity index is 1.37. The average molecular weight is 548 g/mol. The molecule has 1 unspecified atom stereocenters. The van der Waals surface area contributed by atoms with E-state index < -0.39 is 0 Å². The summed E-state index contributed by atoms with van der Waals surface area (Å²) in [6, 6.07) is 14.8. The molecular weight excluding hydrogens is 520 g/mol. The fraction of sp³-hybridized carbons (Fsp3) is 0.259. The molecule has 0 spiro atoms. The van der Waals surface area contributed by atoms with Crippen LogP contribution in [0.4, 0.5) is 5.82 Å². The quantitative estimate of drug-likeness (QED) is 0.207. The standard InChI is InChI=1S/C27H27BrN6S/c1-2-13-35-25-10-4-3-8-22(25)19-33-12-6-9-21(18-33)24-14-26(30-16-20-7-5-11-29-15-20)34-27(32-24)23(28)17-31-34/h3-5,7-8,10-11,13-15,17,21,30H,1,6,9,12,16,18-19H2. The van der Waals surface area contributed by atoms with Crippen LogP contribution < -0.4 is 5.32 Å². The number of hydrogen-bond donors (Lipinski definition) is 1. The van der Waals surface area contributed by atoms with Gasteiger partial charge in [0.1, 0.15) is 5.82 Å². The summed E-state index contributed by atoms with van der Waals surface area (Å²) >= 11 is 5.31. The van der Waals surface area contributed by atoms with E-state index in [-0.39, 0.29) is 0 Å². The normalized spacial score (nSPS) is 16.2. The van der Waals surface area contributed by atoms with Gasteiger partial charge >= 0.3 is 0 Å². The van der Waals surface area contributed by atoms with Crippen LogP contribution in [-0.2, 0) is 13.1 Å². The minimum absolute atomic E-state index is 0.363. The largest absolute Gasteiger partial charge is 0.366 e. The molecule has 1 aromatic carbocycles. The molecule has 3 aromatic heterocycles. The van der Waals surface area contributed by atoms with Crippen molar-refractivity contribution >= 4 is 39.2 Å². The second-order valence-electron chi connectivity index (χ2n) is 8.63. The molecule has 1 aliphatic rings. The number of piperidine rings is 1. The number of rotatable bonds is 8. The van der Waals surface area contributed by atoms with E-state index in [1.54, 1.807) is 24.2 Å². The van der Waals surface area contributed by atoms with E-state index in [0.717, 1.165) is 59.7 Å². The molecule has 6 nitrogen and oxygen atoms in total. The highest BCUT2D eigenvalue weighted by Crippen LogP contribution is 2.32. The van der Waals surface area contributed by atoms with Crippen LogP contribution in [0.3, 0.4) is 0 Å². The monoisotopic (exact) mass is 546 g/mol. The lowest BCUT2D eigenvalue weighted by atomic mass is 9.94. The maximum absolute atomic E-state index is 5.02. The van der Waals surface area contributed by atoms with Crippen molar-refractivity contribution in [2.45, 2.75) is 36.7 Å². The highest BCUT2D eigenvalue weighted by atomic mass is 79.9. The third-order valence-corrected chi connectivity index (χ3v) is 7.70. The number of nitrogens with zero attached hydrogens (tertiary/aromatic N) is 5. The Morgan fingerprint density at radius 1 is 1.23 bits per heavy atom. The molecule has 8 heteroatoms. The van der Waals surface area contributed by atoms with Crippen LogP contribution in [0, 0.1) is 0 Å². The van der Waals surface area contributed by atoms with Crippen molar-refractivity contribution in [2.75, 3.05) is 18.4 Å². The van der Waals surface area contributed by atoms with Gasteiger partial charge in [0.2, 0.25) is 0 Å². The maximum Gasteiger partial charge on any atom is 0.171 e. The molecule has 35 heavy (non-hydrogen) atoms. The Morgan fingerprint density at radius 2 is 2.14 bits per heavy atom. The molecule has 1 fully saturated rings. The van der Waals surface area contributed by atoms with Gasteiger partial charge in [0.25, 0.3) is 0 Å². The van der Waals surface area contributed by atoms with E-state index in [0.29, 0.717) is 12.5 Å². The third-order valence-electron chi connectivity index (χ3n) is 6.20. The fourth-order valence-electron chi connectivity index (χ4n) is 4.52. The molecule has 1 atom stereocenters. The van der Waals surface area contributed by atoms with E-state index in [1.807, 2.05) is 22.2 Å². The summed E-state index contributed by atoms with van der Waals surface area (Å²) < 4.78 is 2.77. The van der Waals surface area contributed by atoms with Crippen molar-refractivity contribution in [2.24, 2.45) is 0 Å². The summed E-state index contributed by atoms with van der Waals surface area (Å²) in [6.07, 6.45) is 7.76. The van der Waals surface area contributed by atoms with Crippen LogP contribution in [0.5, 0.6) is 0 Å². The van der Waals surface area contributed by atoms with Crippen molar-refractivity contribution in [3.63, 3.8) is 0 Å². The minimum atomic E-state index is 0.363. The molecule has 1 saturated heterocycles. The number of pyridine rings is 1. The highest BCUT2D eigenvalue weighted by Gasteiger charge is 2.25. The lowest BCUT2D eigenvalue weighted by molar-refractivity contribution is 0.197. The number of nitrogens with one attached hydrogen (secondary N) is 1. The van der Waals surface area contributed by atoms with E-state index >= 15 is 0 Å². The number of likely N-dealkylation sites (tertiary alicyclic amines) is 1. The van der Waals surface area contributed by atoms with Gasteiger partial charge in [0.05, 0.1) is 16.4 Å². The van der Waals surface area contributed by atoms with E-state index in [1.165, 1.54) is 10.5 Å². The molecule has 1 aliphatic heterocycles. The predicted octanol–water partition coefficient (Wildman–Crippen LogP) is 6.27. The van der Waals surface area contributed by atoms with Crippen LogP contribution in [-0.4, -0.2) is 37.6 Å². The number of thioether (sulfide) groups is 1. The first-order valence-electron chi connectivity index (χ1n) is 11.7. The number of fused-ring (bicyclic) bond motifs is 1. The number of aromatic nitrogens is 4. The van der Waals surface area contributed by atoms with Crippen LogP contribution in [0.15, 0.2) is 88.1 Å². The number of benzene rings is 1. The summed E-state index contributed by atoms with van der Waals surface area (Å²) in [7, 11) is 0. The highest BCUT2D eigenvalue weighted by molar-refractivity contribution is 9.10. The average Bonchev–Trinajstić information content (AvgIpc) is 3.28. The van der Waals surface area contributed by atoms with Crippen LogP contribution in [0.2, 0.25) is 0 Å². The van der Waals surface area contributed by atoms with Gasteiger partial charge < -0.3 is 5.32 Å². The molecule has 5 rings (SSSR count). The zero-order valence-corrected chi connectivity index (χ0v) is 21.8. The Bertz CT molecular complexity index is 1350. The van der Waals surface area contributed by atoms with Gasteiger partial charge in [-0.2, -0.15) is 9.61 Å². The summed E-state index contributed by atoms with van der Waals surface area (Å²) in [6.45, 7) is 7.36. The fourth-order valence-corrected chi connectivity index (χ4v) is 5.52. The zero-order valence-electron chi connectivity index (χ0n) is 19.4. The third kappa shape index (κ3) is 5.68. The van der Waals surface area contributed by atoms with Crippen LogP contribution >= 0.6 is 27.7 Å². The van der Waals surface area contributed by atoms with Crippen molar-refractivity contribution in [1.29, 1.82) is 0 Å². The van der Waals surface area contributed by atoms with Crippen LogP contribution in [0.25, 0.3) is 5.65 Å². The number of anilines is 1. The first-order chi connectivity index (χ1) is 17.2. The van der Waals surface area contributed by atoms with Crippen molar-refractivity contribution in [1.82, 2.24) is 24.5 Å². The lowest BCUT2D eigenvalue weighted by Gasteiger charge is -2.33. The predicted molar refractivity (Wildman–Crippen MR) is 146 cm³/mol. The van der Waals surface area contributed by atoms with Gasteiger partial charge in [-0.1, -0.05) is 42.6 Å². The summed E-state index contributed by atoms with van der Waals surface area (Å²) in [5, 5.41) is 9.99. The van der Waals surface area contributed by atoms with Crippen molar-refractivity contribution < 1.29 is 0 Å². The van der Waals surface area contributed by atoms with Crippen molar-refractivity contribution in [3.8, 4) is 0 Å². The van der Waals surface area contributed by atoms with Crippen LogP contribution in [0.1, 0.15) is 35.6 Å². The Morgan fingerprint density at radius 3 is 3.00 bits per heavy atom. The number of halogens is 1. The smallest absolute Gasteiger partial charge is 0.171 e. The Labute approximate surface area is 218 Å². The molecule has 0 amide bonds. The van der Waals surface area contributed by atoms with Gasteiger partial charge in [0.15, 0.2) is 5.65 Å². The van der Waals surface area contributed by atoms with E-state index in [2.05, 4.69) is 84.9 Å². The summed E-state index contributed by atoms with van der Waals surface area (Å²) in [5.41, 5.74) is 7.27. The number of hydrogen-bond acceptors (Lipinski definition) is 6. The second kappa shape index (κ2) is 11.2. The lowest BCUT2D eigenvalue weighted by Crippen LogP contribution is -2.34. The van der Waals surface area contributed by atoms with Gasteiger partial charge in [-0.15, -0.1) is 5.73 Å². The Kier molecular flexibility index (Phi) is 7.64. The molecule has 4 heterocycles. The van der Waals surface area contributed by atoms with E-state index in [9.17, 15) is 0 Å². The zero-order chi connectivity index (χ0) is 24.0. The molecule has 0 aliphatic carbocycles. The molecule has 0 bridgehead atoms. The molecule has 0 saturated carbocycles. The molecular formula is C27H27BrN6S. The maximum atomic E-state index is 5.02. The van der Waals surface area contributed by atoms with E-state index in [4.69, 9.17) is 4.98 Å². The summed E-state index contributed by atoms with van der Waals surface area (Å²) in [4.78, 5) is 13.1. The first kappa shape index (κ1) is 23.8. The van der Waals surface area contributed by atoms with Gasteiger partial charge in [-0.25, -0.2) is 4.98 Å². The first-order valence-corrected chi connectivity index (χ1v) is 13.4. The molecule has 0 radical (unpaired) electrons. The van der Waals surface area contributed by atoms with Gasteiger partial charge in [-0.05, 0) is 58.6 Å².